The van der Waals surface area contributed by atoms with Crippen LogP contribution >= 0.6 is 11.3 Å². The summed E-state index contributed by atoms with van der Waals surface area (Å²) in [6.45, 7) is 2.02. The molecule has 2 amide bonds. The van der Waals surface area contributed by atoms with E-state index in [1.807, 2.05) is 24.3 Å². The van der Waals surface area contributed by atoms with Gasteiger partial charge < -0.3 is 10.2 Å². The largest absolute Gasteiger partial charge is 0.342 e. The summed E-state index contributed by atoms with van der Waals surface area (Å²) in [5, 5.41) is 3.05. The van der Waals surface area contributed by atoms with Crippen LogP contribution in [0.25, 0.3) is 0 Å². The van der Waals surface area contributed by atoms with Gasteiger partial charge in [0.15, 0.2) is 0 Å². The molecule has 0 saturated carbocycles. The van der Waals surface area contributed by atoms with Crippen molar-refractivity contribution in [2.24, 2.45) is 0 Å². The van der Waals surface area contributed by atoms with Crippen molar-refractivity contribution < 1.29 is 9.59 Å². The molecule has 0 radical (unpaired) electrons. The average Bonchev–Trinajstić information content (AvgIpc) is 2.98. The van der Waals surface area contributed by atoms with Gasteiger partial charge >= 0.3 is 0 Å². The number of carbonyl (C=O) groups is 2. The highest BCUT2D eigenvalue weighted by atomic mass is 32.1. The zero-order chi connectivity index (χ0) is 18.5. The minimum Gasteiger partial charge on any atom is -0.342 e. The van der Waals surface area contributed by atoms with Crippen LogP contribution in [0.4, 0.5) is 5.69 Å². The van der Waals surface area contributed by atoms with E-state index in [9.17, 15) is 9.59 Å². The predicted octanol–water partition coefficient (Wildman–Crippen LogP) is 4.64. The number of benzene rings is 1. The summed E-state index contributed by atoms with van der Waals surface area (Å²) in [5.74, 6) is -0.0520. The molecule has 2 aromatic rings. The first-order chi connectivity index (χ1) is 12.5. The molecule has 0 unspecified atom stereocenters. The summed E-state index contributed by atoms with van der Waals surface area (Å²) in [4.78, 5) is 28.1. The first-order valence-corrected chi connectivity index (χ1v) is 10.1. The summed E-state index contributed by atoms with van der Waals surface area (Å²) < 4.78 is 0. The Balaban J connectivity index is 1.76. The lowest BCUT2D eigenvalue weighted by Crippen LogP contribution is -2.24. The molecule has 1 aromatic heterocycles. The fraction of sp³-hybridized carbons (Fsp3) is 0.429. The lowest BCUT2D eigenvalue weighted by molar-refractivity contribution is -0.128. The van der Waals surface area contributed by atoms with Crippen molar-refractivity contribution in [3.8, 4) is 0 Å². The SMILES string of the molecule is CC(=O)N(C)Cc1ccccc1NC(=O)c1cc2c(s1)CCCCCC2. The molecule has 0 bridgehead atoms. The van der Waals surface area contributed by atoms with E-state index >= 15 is 0 Å². The van der Waals surface area contributed by atoms with E-state index in [0.29, 0.717) is 6.54 Å². The smallest absolute Gasteiger partial charge is 0.265 e. The molecule has 26 heavy (non-hydrogen) atoms. The van der Waals surface area contributed by atoms with Crippen LogP contribution in [0.1, 0.15) is 58.3 Å². The zero-order valence-corrected chi connectivity index (χ0v) is 16.3. The van der Waals surface area contributed by atoms with Gasteiger partial charge in [0.1, 0.15) is 0 Å². The quantitative estimate of drug-likeness (QED) is 0.852. The number of nitrogens with zero attached hydrogens (tertiary/aromatic N) is 1. The van der Waals surface area contributed by atoms with Gasteiger partial charge in [-0.25, -0.2) is 0 Å². The Labute approximate surface area is 159 Å². The van der Waals surface area contributed by atoms with E-state index in [-0.39, 0.29) is 11.8 Å². The molecule has 4 nitrogen and oxygen atoms in total. The molecule has 1 aromatic carbocycles. The number of nitrogens with one attached hydrogen (secondary N) is 1. The van der Waals surface area contributed by atoms with Crippen molar-refractivity contribution >= 4 is 28.8 Å². The van der Waals surface area contributed by atoms with Gasteiger partial charge in [-0.1, -0.05) is 31.0 Å². The van der Waals surface area contributed by atoms with E-state index < -0.39 is 0 Å². The van der Waals surface area contributed by atoms with Gasteiger partial charge in [-0.05, 0) is 48.9 Å². The maximum atomic E-state index is 12.8. The van der Waals surface area contributed by atoms with Crippen LogP contribution in [0.15, 0.2) is 30.3 Å². The second-order valence-electron chi connectivity index (χ2n) is 6.96. The van der Waals surface area contributed by atoms with Crippen molar-refractivity contribution in [3.63, 3.8) is 0 Å². The van der Waals surface area contributed by atoms with Crippen molar-refractivity contribution in [3.05, 3.63) is 51.2 Å². The number of hydrogen-bond acceptors (Lipinski definition) is 3. The monoisotopic (exact) mass is 370 g/mol. The topological polar surface area (TPSA) is 49.4 Å². The standard InChI is InChI=1S/C21H26N2O2S/c1-15(24)23(2)14-17-10-7-8-11-18(17)22-21(25)20-13-16-9-5-3-4-6-12-19(16)26-20/h7-8,10-11,13H,3-6,9,12,14H2,1-2H3,(H,22,25). The molecule has 1 N–H and O–H groups in total. The Kier molecular flexibility index (Phi) is 6.09. The first kappa shape index (κ1) is 18.6. The molecule has 1 aliphatic carbocycles. The highest BCUT2D eigenvalue weighted by Crippen LogP contribution is 2.29. The number of rotatable bonds is 4. The molecular weight excluding hydrogens is 344 g/mol. The van der Waals surface area contributed by atoms with E-state index in [0.717, 1.165) is 29.0 Å². The average molecular weight is 371 g/mol. The molecule has 0 aliphatic heterocycles. The van der Waals surface area contributed by atoms with E-state index in [4.69, 9.17) is 0 Å². The van der Waals surface area contributed by atoms with Crippen LogP contribution in [0.2, 0.25) is 0 Å². The molecule has 0 saturated heterocycles. The fourth-order valence-electron chi connectivity index (χ4n) is 3.29. The first-order valence-electron chi connectivity index (χ1n) is 9.27. The van der Waals surface area contributed by atoms with Gasteiger partial charge in [0.05, 0.1) is 4.88 Å². The highest BCUT2D eigenvalue weighted by Gasteiger charge is 2.17. The van der Waals surface area contributed by atoms with Gasteiger partial charge in [-0.3, -0.25) is 9.59 Å². The molecule has 5 heteroatoms. The number of anilines is 1. The van der Waals surface area contributed by atoms with Crippen LogP contribution in [0.5, 0.6) is 0 Å². The Morgan fingerprint density at radius 3 is 2.62 bits per heavy atom. The van der Waals surface area contributed by atoms with Crippen molar-refractivity contribution in [2.75, 3.05) is 12.4 Å². The molecular formula is C21H26N2O2S. The molecule has 0 spiro atoms. The van der Waals surface area contributed by atoms with Crippen LogP contribution in [0, 0.1) is 0 Å². The summed E-state index contributed by atoms with van der Waals surface area (Å²) in [6.07, 6.45) is 7.18. The molecule has 1 heterocycles. The van der Waals surface area contributed by atoms with Gasteiger partial charge in [0.25, 0.3) is 5.91 Å². The molecule has 1 aliphatic rings. The maximum absolute atomic E-state index is 12.8. The summed E-state index contributed by atoms with van der Waals surface area (Å²) >= 11 is 1.63. The third kappa shape index (κ3) is 4.52. The van der Waals surface area contributed by atoms with Gasteiger partial charge in [-0.2, -0.15) is 0 Å². The van der Waals surface area contributed by atoms with Crippen LogP contribution in [0.3, 0.4) is 0 Å². The Bertz CT molecular complexity index is 772. The lowest BCUT2D eigenvalue weighted by atomic mass is 10.00. The Hall–Kier alpha value is -2.14. The van der Waals surface area contributed by atoms with Gasteiger partial charge in [0, 0.05) is 31.1 Å². The van der Waals surface area contributed by atoms with Crippen LogP contribution < -0.4 is 5.32 Å². The molecule has 0 atom stereocenters. The van der Waals surface area contributed by atoms with E-state index in [1.165, 1.54) is 36.1 Å². The maximum Gasteiger partial charge on any atom is 0.265 e. The normalized spacial score (nSPS) is 14.1. The summed E-state index contributed by atoms with van der Waals surface area (Å²) in [6, 6.07) is 9.75. The zero-order valence-electron chi connectivity index (χ0n) is 15.5. The minimum absolute atomic E-state index is 0.00388. The third-order valence-corrected chi connectivity index (χ3v) is 6.17. The molecule has 0 fully saturated rings. The van der Waals surface area contributed by atoms with E-state index in [2.05, 4.69) is 11.4 Å². The van der Waals surface area contributed by atoms with Gasteiger partial charge in [-0.15, -0.1) is 11.3 Å². The van der Waals surface area contributed by atoms with E-state index in [1.54, 1.807) is 30.2 Å². The van der Waals surface area contributed by atoms with Crippen LogP contribution in [-0.4, -0.2) is 23.8 Å². The lowest BCUT2D eigenvalue weighted by Gasteiger charge is -2.17. The molecule has 138 valence electrons. The molecule has 3 rings (SSSR count). The van der Waals surface area contributed by atoms with Crippen molar-refractivity contribution in [2.45, 2.75) is 52.0 Å². The van der Waals surface area contributed by atoms with Gasteiger partial charge in [0.2, 0.25) is 5.91 Å². The highest BCUT2D eigenvalue weighted by molar-refractivity contribution is 7.14. The third-order valence-electron chi connectivity index (χ3n) is 4.93. The number of carbonyl (C=O) groups excluding carboxylic acids is 2. The van der Waals surface area contributed by atoms with Crippen LogP contribution in [-0.2, 0) is 24.2 Å². The fourth-order valence-corrected chi connectivity index (χ4v) is 4.44. The van der Waals surface area contributed by atoms with Crippen molar-refractivity contribution in [1.29, 1.82) is 0 Å². The number of aryl methyl sites for hydroxylation is 2. The predicted molar refractivity (Wildman–Crippen MR) is 107 cm³/mol. The number of para-hydroxylation sites is 1. The van der Waals surface area contributed by atoms with Crippen molar-refractivity contribution in [1.82, 2.24) is 4.90 Å². The number of fused-ring (bicyclic) bond motifs is 1. The summed E-state index contributed by atoms with van der Waals surface area (Å²) in [7, 11) is 1.76. The number of thiophene rings is 1. The second-order valence-corrected chi connectivity index (χ2v) is 8.10. The minimum atomic E-state index is -0.0559. The summed E-state index contributed by atoms with van der Waals surface area (Å²) in [5.41, 5.74) is 3.06. The number of amides is 2. The Morgan fingerprint density at radius 2 is 1.85 bits per heavy atom. The Morgan fingerprint density at radius 1 is 1.12 bits per heavy atom. The number of hydrogen-bond donors (Lipinski definition) is 1. The second kappa shape index (κ2) is 8.49.